The molecule has 0 amide bonds. The van der Waals surface area contributed by atoms with Crippen LogP contribution in [0.4, 0.5) is 11.4 Å². The first kappa shape index (κ1) is 10.8. The van der Waals surface area contributed by atoms with Crippen LogP contribution in [0.25, 0.3) is 0 Å². The van der Waals surface area contributed by atoms with E-state index in [4.69, 9.17) is 10.5 Å². The molecule has 0 heterocycles. The Morgan fingerprint density at radius 1 is 1.29 bits per heavy atom. The van der Waals surface area contributed by atoms with Gasteiger partial charge in [0.1, 0.15) is 5.75 Å². The molecule has 0 radical (unpaired) electrons. The predicted octanol–water partition coefficient (Wildman–Crippen LogP) is 2.88. The third-order valence-corrected chi connectivity index (χ3v) is 4.34. The van der Waals surface area contributed by atoms with Gasteiger partial charge in [-0.25, -0.2) is 0 Å². The molecule has 3 atom stereocenters. The van der Waals surface area contributed by atoms with Gasteiger partial charge in [-0.1, -0.05) is 6.42 Å². The van der Waals surface area contributed by atoms with Crippen molar-refractivity contribution in [3.63, 3.8) is 0 Å². The van der Waals surface area contributed by atoms with Gasteiger partial charge < -0.3 is 15.8 Å². The summed E-state index contributed by atoms with van der Waals surface area (Å²) in [6.07, 6.45) is 5.52. The second-order valence-corrected chi connectivity index (χ2v) is 5.38. The monoisotopic (exact) mass is 232 g/mol. The fourth-order valence-electron chi connectivity index (χ4n) is 3.41. The maximum Gasteiger partial charge on any atom is 0.121 e. The van der Waals surface area contributed by atoms with Crippen LogP contribution in [0, 0.1) is 11.8 Å². The third-order valence-electron chi connectivity index (χ3n) is 4.34. The molecule has 17 heavy (non-hydrogen) atoms. The quantitative estimate of drug-likeness (QED) is 0.788. The molecule has 2 bridgehead atoms. The van der Waals surface area contributed by atoms with E-state index in [0.29, 0.717) is 6.04 Å². The average molecular weight is 232 g/mol. The maximum absolute atomic E-state index is 6.00. The zero-order valence-corrected chi connectivity index (χ0v) is 10.3. The van der Waals surface area contributed by atoms with Crippen molar-refractivity contribution in [3.8, 4) is 5.75 Å². The van der Waals surface area contributed by atoms with Gasteiger partial charge in [-0.2, -0.15) is 0 Å². The Morgan fingerprint density at radius 2 is 2.18 bits per heavy atom. The first-order valence-corrected chi connectivity index (χ1v) is 6.46. The van der Waals surface area contributed by atoms with E-state index in [1.165, 1.54) is 25.7 Å². The lowest BCUT2D eigenvalue weighted by Gasteiger charge is -2.25. The van der Waals surface area contributed by atoms with Gasteiger partial charge in [-0.3, -0.25) is 0 Å². The number of anilines is 2. The molecule has 2 aliphatic rings. The molecule has 2 saturated carbocycles. The molecule has 3 heteroatoms. The minimum atomic E-state index is 0.614. The summed E-state index contributed by atoms with van der Waals surface area (Å²) in [7, 11) is 1.69. The van der Waals surface area contributed by atoms with Crippen molar-refractivity contribution < 1.29 is 4.74 Å². The highest BCUT2D eigenvalue weighted by molar-refractivity contribution is 5.68. The van der Waals surface area contributed by atoms with E-state index in [-0.39, 0.29) is 0 Å². The maximum atomic E-state index is 6.00. The molecule has 0 aromatic heterocycles. The molecule has 0 saturated heterocycles. The Bertz CT molecular complexity index is 419. The van der Waals surface area contributed by atoms with Crippen molar-refractivity contribution in [2.24, 2.45) is 11.8 Å². The highest BCUT2D eigenvalue weighted by Gasteiger charge is 2.39. The van der Waals surface area contributed by atoms with Crippen LogP contribution >= 0.6 is 0 Å². The normalized spacial score (nSPS) is 30.5. The summed E-state index contributed by atoms with van der Waals surface area (Å²) in [6, 6.07) is 6.43. The molecule has 3 nitrogen and oxygen atoms in total. The van der Waals surface area contributed by atoms with Gasteiger partial charge in [0.15, 0.2) is 0 Å². The summed E-state index contributed by atoms with van der Waals surface area (Å²) in [5.74, 6) is 2.67. The van der Waals surface area contributed by atoms with Gasteiger partial charge >= 0.3 is 0 Å². The molecule has 3 rings (SSSR count). The summed E-state index contributed by atoms with van der Waals surface area (Å²) >= 11 is 0. The van der Waals surface area contributed by atoms with Crippen LogP contribution in [-0.4, -0.2) is 13.2 Å². The number of ether oxygens (including phenoxy) is 1. The molecule has 2 fully saturated rings. The van der Waals surface area contributed by atoms with Crippen molar-refractivity contribution in [2.45, 2.75) is 31.7 Å². The number of benzene rings is 1. The smallest absolute Gasteiger partial charge is 0.121 e. The Balaban J connectivity index is 1.76. The largest absolute Gasteiger partial charge is 0.497 e. The van der Waals surface area contributed by atoms with E-state index in [9.17, 15) is 0 Å². The van der Waals surface area contributed by atoms with Crippen LogP contribution in [0.1, 0.15) is 25.7 Å². The second-order valence-electron chi connectivity index (χ2n) is 5.38. The van der Waals surface area contributed by atoms with Gasteiger partial charge in [0, 0.05) is 12.1 Å². The van der Waals surface area contributed by atoms with Crippen molar-refractivity contribution in [2.75, 3.05) is 18.2 Å². The Labute approximate surface area is 102 Å². The number of hydrogen-bond donors (Lipinski definition) is 2. The summed E-state index contributed by atoms with van der Waals surface area (Å²) in [5, 5.41) is 3.61. The lowest BCUT2D eigenvalue weighted by Crippen LogP contribution is -2.26. The number of hydrogen-bond acceptors (Lipinski definition) is 3. The zero-order valence-electron chi connectivity index (χ0n) is 10.3. The summed E-state index contributed by atoms with van der Waals surface area (Å²) in [4.78, 5) is 0. The molecule has 0 spiro atoms. The Kier molecular flexibility index (Phi) is 2.61. The van der Waals surface area contributed by atoms with Gasteiger partial charge in [0.05, 0.1) is 18.5 Å². The van der Waals surface area contributed by atoms with Crippen LogP contribution in [-0.2, 0) is 0 Å². The number of fused-ring (bicyclic) bond motifs is 2. The third kappa shape index (κ3) is 1.94. The molecule has 3 N–H and O–H groups in total. The molecule has 0 aliphatic heterocycles. The number of nitrogens with one attached hydrogen (secondary N) is 1. The topological polar surface area (TPSA) is 47.3 Å². The van der Waals surface area contributed by atoms with E-state index >= 15 is 0 Å². The molecule has 2 aliphatic carbocycles. The molecule has 92 valence electrons. The van der Waals surface area contributed by atoms with Crippen LogP contribution in [0.15, 0.2) is 18.2 Å². The highest BCUT2D eigenvalue weighted by atomic mass is 16.5. The number of nitrogens with two attached hydrogens (primary N) is 1. The van der Waals surface area contributed by atoms with E-state index in [2.05, 4.69) is 5.32 Å². The Morgan fingerprint density at radius 3 is 2.82 bits per heavy atom. The van der Waals surface area contributed by atoms with Crippen molar-refractivity contribution >= 4 is 11.4 Å². The first-order chi connectivity index (χ1) is 8.26. The van der Waals surface area contributed by atoms with Gasteiger partial charge in [0.25, 0.3) is 0 Å². The zero-order chi connectivity index (χ0) is 11.8. The van der Waals surface area contributed by atoms with Gasteiger partial charge in [0.2, 0.25) is 0 Å². The van der Waals surface area contributed by atoms with E-state index < -0.39 is 0 Å². The van der Waals surface area contributed by atoms with Crippen molar-refractivity contribution in [1.29, 1.82) is 0 Å². The molecule has 1 aromatic carbocycles. The van der Waals surface area contributed by atoms with Crippen molar-refractivity contribution in [3.05, 3.63) is 18.2 Å². The van der Waals surface area contributed by atoms with Crippen molar-refractivity contribution in [1.82, 2.24) is 0 Å². The number of methoxy groups -OCH3 is 1. The molecule has 1 aromatic rings. The summed E-state index contributed by atoms with van der Waals surface area (Å²) in [5.41, 5.74) is 7.85. The summed E-state index contributed by atoms with van der Waals surface area (Å²) < 4.78 is 5.24. The van der Waals surface area contributed by atoms with Gasteiger partial charge in [-0.15, -0.1) is 0 Å². The minimum absolute atomic E-state index is 0.614. The standard InChI is InChI=1S/C14H20N2O/c1-17-11-4-5-12(15)14(8-11)16-13-7-9-2-3-10(13)6-9/h4-5,8-10,13,16H,2-3,6-7,15H2,1H3. The van der Waals surface area contributed by atoms with Crippen LogP contribution in [0.5, 0.6) is 5.75 Å². The molecular formula is C14H20N2O. The van der Waals surface area contributed by atoms with Crippen LogP contribution in [0.2, 0.25) is 0 Å². The lowest BCUT2D eigenvalue weighted by atomic mass is 9.95. The summed E-state index contributed by atoms with van der Waals surface area (Å²) in [6.45, 7) is 0. The molecular weight excluding hydrogens is 212 g/mol. The number of nitrogen functional groups attached to an aromatic ring is 1. The SMILES string of the molecule is COc1ccc(N)c(NC2CC3CCC2C3)c1. The minimum Gasteiger partial charge on any atom is -0.497 e. The van der Waals surface area contributed by atoms with E-state index in [1.807, 2.05) is 18.2 Å². The fourth-order valence-corrected chi connectivity index (χ4v) is 3.41. The highest BCUT2D eigenvalue weighted by Crippen LogP contribution is 2.46. The fraction of sp³-hybridized carbons (Fsp3) is 0.571. The second kappa shape index (κ2) is 4.13. The first-order valence-electron chi connectivity index (χ1n) is 6.46. The van der Waals surface area contributed by atoms with Gasteiger partial charge in [-0.05, 0) is 43.2 Å². The van der Waals surface area contributed by atoms with E-state index in [1.54, 1.807) is 7.11 Å². The lowest BCUT2D eigenvalue weighted by molar-refractivity contribution is 0.414. The van der Waals surface area contributed by atoms with Crippen LogP contribution < -0.4 is 15.8 Å². The average Bonchev–Trinajstić information content (AvgIpc) is 2.94. The van der Waals surface area contributed by atoms with E-state index in [0.717, 1.165) is 29.0 Å². The van der Waals surface area contributed by atoms with Crippen LogP contribution in [0.3, 0.4) is 0 Å². The Hall–Kier alpha value is -1.38. The molecule has 3 unspecified atom stereocenters. The predicted molar refractivity (Wildman–Crippen MR) is 70.3 cm³/mol. The number of rotatable bonds is 3.